The van der Waals surface area contributed by atoms with Crippen molar-refractivity contribution in [3.05, 3.63) is 59.9 Å². The second-order valence-corrected chi connectivity index (χ2v) is 5.98. The van der Waals surface area contributed by atoms with Gasteiger partial charge in [-0.2, -0.15) is 0 Å². The summed E-state index contributed by atoms with van der Waals surface area (Å²) in [6.07, 6.45) is 3.40. The van der Waals surface area contributed by atoms with Crippen LogP contribution in [0.5, 0.6) is 0 Å². The number of rotatable bonds is 4. The van der Waals surface area contributed by atoms with Crippen LogP contribution in [0.3, 0.4) is 0 Å². The van der Waals surface area contributed by atoms with Crippen molar-refractivity contribution in [1.82, 2.24) is 10.6 Å². The molecule has 1 heterocycles. The summed E-state index contributed by atoms with van der Waals surface area (Å²) in [5, 5.41) is 7.01. The van der Waals surface area contributed by atoms with Crippen LogP contribution < -0.4 is 10.6 Å². The summed E-state index contributed by atoms with van der Waals surface area (Å²) in [6, 6.07) is 16.2. The van der Waals surface area contributed by atoms with Gasteiger partial charge in [0.15, 0.2) is 0 Å². The number of hydrogen-bond donors (Lipinski definition) is 2. The van der Waals surface area contributed by atoms with Gasteiger partial charge in [0.1, 0.15) is 5.82 Å². The average Bonchev–Trinajstić information content (AvgIpc) is 2.56. The fraction of sp³-hybridized carbons (Fsp3) is 0.368. The monoisotopic (exact) mass is 298 g/mol. The van der Waals surface area contributed by atoms with E-state index in [4.69, 9.17) is 0 Å². The Morgan fingerprint density at radius 1 is 1.18 bits per heavy atom. The first-order chi connectivity index (χ1) is 10.8. The van der Waals surface area contributed by atoms with Gasteiger partial charge in [-0.15, -0.1) is 0 Å². The lowest BCUT2D eigenvalue weighted by molar-refractivity contribution is 0.313. The predicted molar refractivity (Wildman–Crippen MR) is 89.4 cm³/mol. The molecule has 0 radical (unpaired) electrons. The second kappa shape index (κ2) is 7.03. The minimum atomic E-state index is -0.163. The summed E-state index contributed by atoms with van der Waals surface area (Å²) in [5.74, 6) is -0.163. The third-order valence-electron chi connectivity index (χ3n) is 4.52. The molecule has 2 N–H and O–H groups in total. The highest BCUT2D eigenvalue weighted by Crippen LogP contribution is 2.24. The molecule has 1 saturated heterocycles. The minimum absolute atomic E-state index is 0.163. The molecule has 1 aliphatic heterocycles. The van der Waals surface area contributed by atoms with E-state index in [1.165, 1.54) is 24.5 Å². The quantitative estimate of drug-likeness (QED) is 0.904. The van der Waals surface area contributed by atoms with Gasteiger partial charge in [0.2, 0.25) is 0 Å². The highest BCUT2D eigenvalue weighted by Gasteiger charge is 2.23. The summed E-state index contributed by atoms with van der Waals surface area (Å²) in [7, 11) is 2.03. The minimum Gasteiger partial charge on any atom is -0.315 e. The van der Waals surface area contributed by atoms with Gasteiger partial charge in [-0.05, 0) is 50.0 Å². The van der Waals surface area contributed by atoms with Crippen molar-refractivity contribution in [3.8, 4) is 11.1 Å². The van der Waals surface area contributed by atoms with Gasteiger partial charge in [-0.1, -0.05) is 42.5 Å². The highest BCUT2D eigenvalue weighted by molar-refractivity contribution is 5.64. The fourth-order valence-electron chi connectivity index (χ4n) is 3.33. The second-order valence-electron chi connectivity index (χ2n) is 5.98. The Bertz CT molecular complexity index is 626. The average molecular weight is 298 g/mol. The Kier molecular flexibility index (Phi) is 4.86. The van der Waals surface area contributed by atoms with Crippen molar-refractivity contribution in [3.63, 3.8) is 0 Å². The molecule has 0 bridgehead atoms. The van der Waals surface area contributed by atoms with Crippen molar-refractivity contribution in [2.24, 2.45) is 0 Å². The Balaban J connectivity index is 1.81. The molecule has 2 atom stereocenters. The molecule has 2 aromatic rings. The molecule has 0 aliphatic carbocycles. The molecule has 22 heavy (non-hydrogen) atoms. The Morgan fingerprint density at radius 3 is 2.86 bits per heavy atom. The molecule has 0 aromatic heterocycles. The Hall–Kier alpha value is -1.71. The molecule has 0 saturated carbocycles. The van der Waals surface area contributed by atoms with E-state index in [-0.39, 0.29) is 5.82 Å². The van der Waals surface area contributed by atoms with Crippen molar-refractivity contribution in [1.29, 1.82) is 0 Å². The van der Waals surface area contributed by atoms with Crippen LogP contribution in [0.1, 0.15) is 18.4 Å². The van der Waals surface area contributed by atoms with Crippen LogP contribution in [-0.2, 0) is 6.42 Å². The molecule has 3 heteroatoms. The molecular weight excluding hydrogens is 275 g/mol. The number of likely N-dealkylation sites (N-methyl/N-ethyl adjacent to an activating group) is 1. The normalized spacial score (nSPS) is 21.7. The van der Waals surface area contributed by atoms with Gasteiger partial charge < -0.3 is 10.6 Å². The van der Waals surface area contributed by atoms with E-state index < -0.39 is 0 Å². The van der Waals surface area contributed by atoms with Crippen LogP contribution in [0.15, 0.2) is 48.5 Å². The van der Waals surface area contributed by atoms with Crippen LogP contribution >= 0.6 is 0 Å². The van der Waals surface area contributed by atoms with E-state index in [9.17, 15) is 4.39 Å². The maximum Gasteiger partial charge on any atom is 0.131 e. The molecule has 2 nitrogen and oxygen atoms in total. The predicted octanol–water partition coefficient (Wildman–Crippen LogP) is 3.38. The zero-order chi connectivity index (χ0) is 15.4. The topological polar surface area (TPSA) is 24.1 Å². The summed E-state index contributed by atoms with van der Waals surface area (Å²) >= 11 is 0. The van der Waals surface area contributed by atoms with Crippen molar-refractivity contribution >= 4 is 0 Å². The van der Waals surface area contributed by atoms with E-state index in [0.29, 0.717) is 17.6 Å². The smallest absolute Gasteiger partial charge is 0.131 e. The molecule has 0 spiro atoms. The molecule has 3 rings (SSSR count). The van der Waals surface area contributed by atoms with E-state index >= 15 is 0 Å². The highest BCUT2D eigenvalue weighted by atomic mass is 19.1. The first kappa shape index (κ1) is 15.2. The van der Waals surface area contributed by atoms with Gasteiger partial charge >= 0.3 is 0 Å². The Morgan fingerprint density at radius 2 is 2.05 bits per heavy atom. The lowest BCUT2D eigenvalue weighted by Crippen LogP contribution is -2.51. The third kappa shape index (κ3) is 3.37. The number of benzene rings is 2. The first-order valence-corrected chi connectivity index (χ1v) is 8.02. The summed E-state index contributed by atoms with van der Waals surface area (Å²) in [4.78, 5) is 0. The van der Waals surface area contributed by atoms with E-state index in [0.717, 1.165) is 18.5 Å². The van der Waals surface area contributed by atoms with Crippen molar-refractivity contribution in [2.75, 3.05) is 13.6 Å². The van der Waals surface area contributed by atoms with Crippen LogP contribution in [0.2, 0.25) is 0 Å². The first-order valence-electron chi connectivity index (χ1n) is 8.02. The summed E-state index contributed by atoms with van der Waals surface area (Å²) in [6.45, 7) is 1.08. The molecule has 2 unspecified atom stereocenters. The van der Waals surface area contributed by atoms with Gasteiger partial charge in [-0.3, -0.25) is 0 Å². The maximum absolute atomic E-state index is 14.0. The molecule has 1 aliphatic rings. The zero-order valence-electron chi connectivity index (χ0n) is 13.0. The Labute approximate surface area is 131 Å². The molecule has 1 fully saturated rings. The lowest BCUT2D eigenvalue weighted by atomic mass is 9.91. The van der Waals surface area contributed by atoms with Crippen LogP contribution in [0.4, 0.5) is 4.39 Å². The van der Waals surface area contributed by atoms with E-state index in [1.807, 2.05) is 31.3 Å². The largest absolute Gasteiger partial charge is 0.315 e. The van der Waals surface area contributed by atoms with Gasteiger partial charge in [0.05, 0.1) is 0 Å². The summed E-state index contributed by atoms with van der Waals surface area (Å²) in [5.41, 5.74) is 2.87. The fourth-order valence-corrected chi connectivity index (χ4v) is 3.33. The standard InChI is InChI=1S/C19H23FN2/c1-21-18-10-5-11-22-19(18)13-14-6-4-7-15(12-14)16-8-2-3-9-17(16)20/h2-4,6-9,12,18-19,21-22H,5,10-11,13H2,1H3. The SMILES string of the molecule is CNC1CCCNC1Cc1cccc(-c2ccccc2F)c1. The molecule has 116 valence electrons. The van der Waals surface area contributed by atoms with Gasteiger partial charge in [-0.25, -0.2) is 4.39 Å². The van der Waals surface area contributed by atoms with E-state index in [1.54, 1.807) is 6.07 Å². The number of piperidine rings is 1. The van der Waals surface area contributed by atoms with Gasteiger partial charge in [0, 0.05) is 17.6 Å². The molecular formula is C19H23FN2. The number of nitrogens with one attached hydrogen (secondary N) is 2. The third-order valence-corrected chi connectivity index (χ3v) is 4.52. The maximum atomic E-state index is 14.0. The van der Waals surface area contributed by atoms with Gasteiger partial charge in [0.25, 0.3) is 0 Å². The van der Waals surface area contributed by atoms with Crippen LogP contribution in [-0.4, -0.2) is 25.7 Å². The van der Waals surface area contributed by atoms with Crippen molar-refractivity contribution in [2.45, 2.75) is 31.3 Å². The van der Waals surface area contributed by atoms with E-state index in [2.05, 4.69) is 22.8 Å². The zero-order valence-corrected chi connectivity index (χ0v) is 13.0. The molecule has 0 amide bonds. The van der Waals surface area contributed by atoms with Crippen molar-refractivity contribution < 1.29 is 4.39 Å². The van der Waals surface area contributed by atoms with Crippen LogP contribution in [0.25, 0.3) is 11.1 Å². The lowest BCUT2D eigenvalue weighted by Gasteiger charge is -2.32. The summed E-state index contributed by atoms with van der Waals surface area (Å²) < 4.78 is 14.0. The van der Waals surface area contributed by atoms with Crippen LogP contribution in [0, 0.1) is 5.82 Å². The molecule has 2 aromatic carbocycles. The number of halogens is 1. The number of hydrogen-bond acceptors (Lipinski definition) is 2.